The molecule has 0 radical (unpaired) electrons. The summed E-state index contributed by atoms with van der Waals surface area (Å²) in [6.45, 7) is -0.490. The minimum absolute atomic E-state index is 0.0345. The first-order valence-electron chi connectivity index (χ1n) is 17.9. The number of aliphatic hydroxyl groups excluding tert-OH is 1. The molecule has 15 nitrogen and oxygen atoms in total. The number of anilines is 1. The molecule has 2 amide bonds. The molecule has 4 atom stereocenters. The second-order valence-electron chi connectivity index (χ2n) is 13.9. The maximum atomic E-state index is 14.6. The maximum absolute atomic E-state index is 14.6. The molecule has 57 heavy (non-hydrogen) atoms. The number of ether oxygens (including phenoxy) is 3. The molecule has 2 aromatic heterocycles. The lowest BCUT2D eigenvalue weighted by Gasteiger charge is -2.49. The molecule has 4 heterocycles. The quantitative estimate of drug-likeness (QED) is 0.126. The van der Waals surface area contributed by atoms with Gasteiger partial charge in [-0.25, -0.2) is 37.8 Å². The first-order chi connectivity index (χ1) is 27.3. The Morgan fingerprint density at radius 1 is 0.930 bits per heavy atom. The van der Waals surface area contributed by atoms with Crippen LogP contribution < -0.4 is 36.0 Å². The molecule has 2 fully saturated rings. The minimum atomic E-state index is -2.16. The van der Waals surface area contributed by atoms with Crippen molar-refractivity contribution in [3.8, 4) is 17.2 Å². The van der Waals surface area contributed by atoms with E-state index in [-0.39, 0.29) is 50.5 Å². The highest BCUT2D eigenvalue weighted by Gasteiger charge is 2.75. The normalized spacial score (nSPS) is 22.6. The van der Waals surface area contributed by atoms with Crippen LogP contribution in [-0.4, -0.2) is 77.6 Å². The van der Waals surface area contributed by atoms with Crippen molar-refractivity contribution in [2.45, 2.75) is 47.6 Å². The van der Waals surface area contributed by atoms with E-state index in [1.54, 1.807) is 49.5 Å². The summed E-state index contributed by atoms with van der Waals surface area (Å²) in [5, 5.41) is 9.24. The summed E-state index contributed by atoms with van der Waals surface area (Å²) in [4.78, 5) is 71.9. The zero-order valence-corrected chi connectivity index (χ0v) is 32.3. The molecule has 2 aliphatic heterocycles. The van der Waals surface area contributed by atoms with Gasteiger partial charge in [-0.15, -0.1) is 23.2 Å². The van der Waals surface area contributed by atoms with Gasteiger partial charge in [0.2, 0.25) is 0 Å². The molecule has 3 aliphatic rings. The van der Waals surface area contributed by atoms with Crippen molar-refractivity contribution in [1.82, 2.24) is 23.5 Å². The van der Waals surface area contributed by atoms with Crippen LogP contribution in [0, 0.1) is 5.82 Å². The van der Waals surface area contributed by atoms with E-state index in [0.717, 1.165) is 21.6 Å². The van der Waals surface area contributed by atoms with Gasteiger partial charge in [0.1, 0.15) is 23.9 Å². The number of aliphatic hydroxyl groups is 1. The van der Waals surface area contributed by atoms with Crippen molar-refractivity contribution < 1.29 is 33.3 Å². The molecule has 3 aromatic carbocycles. The Labute approximate surface area is 332 Å². The highest BCUT2D eigenvalue weighted by atomic mass is 35.5. The van der Waals surface area contributed by atoms with Gasteiger partial charge in [-0.3, -0.25) is 14.4 Å². The van der Waals surface area contributed by atoms with Crippen LogP contribution in [0.15, 0.2) is 86.7 Å². The number of alkyl halides is 2. The van der Waals surface area contributed by atoms with Crippen molar-refractivity contribution in [3.63, 3.8) is 0 Å². The lowest BCUT2D eigenvalue weighted by atomic mass is 9.64. The number of imide groups is 1. The third-order valence-electron chi connectivity index (χ3n) is 11.0. The number of aromatic nitrogens is 5. The highest BCUT2D eigenvalue weighted by Crippen LogP contribution is 2.63. The van der Waals surface area contributed by atoms with E-state index in [2.05, 4.69) is 4.98 Å². The highest BCUT2D eigenvalue weighted by molar-refractivity contribution is 6.58. The van der Waals surface area contributed by atoms with Gasteiger partial charge in [0.25, 0.3) is 17.4 Å². The van der Waals surface area contributed by atoms with E-state index in [9.17, 15) is 33.5 Å². The Morgan fingerprint density at radius 3 is 2.28 bits per heavy atom. The molecule has 1 saturated heterocycles. The Bertz CT molecular complexity index is 2690. The maximum Gasteiger partial charge on any atom is 0.347 e. The molecule has 1 N–H and O–H groups in total. The molecule has 296 valence electrons. The Morgan fingerprint density at radius 2 is 1.61 bits per heavy atom. The molecule has 4 unspecified atom stereocenters. The first kappa shape index (κ1) is 38.2. The fraction of sp³-hybridized carbons (Fsp3) is 0.333. The summed E-state index contributed by atoms with van der Waals surface area (Å²) in [7, 11) is 4.53. The lowest BCUT2D eigenvalue weighted by molar-refractivity contribution is -0.122. The molecular weight excluding hydrogens is 786 g/mol. The van der Waals surface area contributed by atoms with Gasteiger partial charge in [0, 0.05) is 44.5 Å². The van der Waals surface area contributed by atoms with Crippen LogP contribution in [-0.2, 0) is 36.1 Å². The molecule has 1 saturated carbocycles. The second kappa shape index (κ2) is 14.0. The topological polar surface area (TPSA) is 169 Å². The van der Waals surface area contributed by atoms with Crippen molar-refractivity contribution in [1.29, 1.82) is 0 Å². The number of allylic oxidation sites excluding steroid dienone is 2. The summed E-state index contributed by atoms with van der Waals surface area (Å²) >= 11 is 14.8. The van der Waals surface area contributed by atoms with Gasteiger partial charge >= 0.3 is 11.4 Å². The summed E-state index contributed by atoms with van der Waals surface area (Å²) in [6.07, 6.45) is 1.26. The minimum Gasteiger partial charge on any atom is -0.493 e. The number of nitrogens with zero attached hydrogens (tertiary/aromatic N) is 6. The fourth-order valence-electron chi connectivity index (χ4n) is 8.28. The third-order valence-corrected chi connectivity index (χ3v) is 12.5. The monoisotopic (exact) mass is 820 g/mol. The summed E-state index contributed by atoms with van der Waals surface area (Å²) in [5.41, 5.74) is 0.160. The van der Waals surface area contributed by atoms with E-state index in [1.165, 1.54) is 40.3 Å². The number of rotatable bonds is 10. The summed E-state index contributed by atoms with van der Waals surface area (Å²) in [6, 6.07) is 13.5. The van der Waals surface area contributed by atoms with E-state index >= 15 is 0 Å². The Hall–Kier alpha value is -5.71. The number of halogens is 3. The number of carbonyl (C=O) groups is 2. The number of amides is 2. The second-order valence-corrected chi connectivity index (χ2v) is 15.2. The smallest absolute Gasteiger partial charge is 0.347 e. The number of hydrogen-bond acceptors (Lipinski definition) is 10. The number of fused-ring (bicyclic) bond motifs is 5. The Balaban J connectivity index is 1.21. The molecule has 5 aromatic rings. The van der Waals surface area contributed by atoms with Crippen LogP contribution in [0.3, 0.4) is 0 Å². The van der Waals surface area contributed by atoms with Crippen molar-refractivity contribution >= 4 is 51.7 Å². The fourth-order valence-corrected chi connectivity index (χ4v) is 9.20. The average Bonchev–Trinajstić information content (AvgIpc) is 3.54. The van der Waals surface area contributed by atoms with Crippen LogP contribution in [0.25, 0.3) is 11.0 Å². The predicted molar refractivity (Wildman–Crippen MR) is 206 cm³/mol. The zero-order valence-electron chi connectivity index (χ0n) is 30.8. The zero-order chi connectivity index (χ0) is 40.6. The van der Waals surface area contributed by atoms with Crippen molar-refractivity contribution in [2.24, 2.45) is 7.05 Å². The van der Waals surface area contributed by atoms with E-state index in [4.69, 9.17) is 37.4 Å². The van der Waals surface area contributed by atoms with Crippen molar-refractivity contribution in [3.05, 3.63) is 121 Å². The van der Waals surface area contributed by atoms with Gasteiger partial charge in [0.05, 0.1) is 50.1 Å². The molecule has 8 rings (SSSR count). The number of carbonyl (C=O) groups excluding carboxylic acids is 2. The van der Waals surface area contributed by atoms with Gasteiger partial charge in [-0.2, -0.15) is 0 Å². The van der Waals surface area contributed by atoms with E-state index < -0.39 is 56.3 Å². The van der Waals surface area contributed by atoms with Crippen LogP contribution >= 0.6 is 23.2 Å². The van der Waals surface area contributed by atoms with Crippen LogP contribution in [0.5, 0.6) is 17.2 Å². The van der Waals surface area contributed by atoms with Gasteiger partial charge < -0.3 is 23.9 Å². The third kappa shape index (κ3) is 5.63. The van der Waals surface area contributed by atoms with Gasteiger partial charge in [-0.1, -0.05) is 18.2 Å². The first-order valence-corrected chi connectivity index (χ1v) is 18.6. The largest absolute Gasteiger partial charge is 0.493 e. The SMILES string of the molecule is COc1cc2nc(CCn3c(=O)n4n(c3=O)C3CC5(Cl)C(=O)N(c6ccc(F)cc6)C(=O)C5(Cl)C(c5ccc(OCCO)cc5)C3=CC4)c(=O)n(C)c2cc1OC. The van der Waals surface area contributed by atoms with Crippen LogP contribution in [0.4, 0.5) is 10.1 Å². The van der Waals surface area contributed by atoms with Gasteiger partial charge in [0.15, 0.2) is 21.2 Å². The van der Waals surface area contributed by atoms with E-state index in [0.29, 0.717) is 39.4 Å². The van der Waals surface area contributed by atoms with Crippen LogP contribution in [0.2, 0.25) is 0 Å². The molecular formula is C39H35Cl2FN6O9. The summed E-state index contributed by atoms with van der Waals surface area (Å²) in [5.74, 6) is -2.18. The van der Waals surface area contributed by atoms with Crippen LogP contribution in [0.1, 0.15) is 29.6 Å². The standard InChI is InChI=1S/C39H35Cl2FN6O9/c1-44-28-19-31(56-3)30(55-2)18-27(28)43-26(33(44)50)13-14-45-36(53)46-15-12-25-29(48(46)37(45)54)20-38(40)34(51)47(23-8-6-22(42)7-9-23)35(52)39(38,41)32(25)21-4-10-24(11-5-21)57-17-16-49/h4-12,18-19,29,32,49H,13-17,20H2,1-3H3. The van der Waals surface area contributed by atoms with Gasteiger partial charge in [-0.05, 0) is 47.5 Å². The number of aryl methyl sites for hydroxylation is 2. The van der Waals surface area contributed by atoms with Crippen molar-refractivity contribution in [2.75, 3.05) is 32.3 Å². The Kier molecular flexibility index (Phi) is 9.40. The number of hydrogen-bond donors (Lipinski definition) is 1. The molecule has 0 bridgehead atoms. The predicted octanol–water partition coefficient (Wildman–Crippen LogP) is 3.03. The number of methoxy groups -OCH3 is 2. The molecule has 1 aliphatic carbocycles. The number of benzene rings is 3. The average molecular weight is 822 g/mol. The van der Waals surface area contributed by atoms with E-state index in [1.807, 2.05) is 0 Å². The molecule has 0 spiro atoms. The summed E-state index contributed by atoms with van der Waals surface area (Å²) < 4.78 is 35.1. The molecule has 18 heteroatoms. The lowest BCUT2D eigenvalue weighted by Crippen LogP contribution is -2.59.